The van der Waals surface area contributed by atoms with Crippen molar-refractivity contribution >= 4 is 27.5 Å². The van der Waals surface area contributed by atoms with Crippen molar-refractivity contribution in [3.05, 3.63) is 29.8 Å². The van der Waals surface area contributed by atoms with Gasteiger partial charge in [-0.1, -0.05) is 34.1 Å². The second-order valence-corrected chi connectivity index (χ2v) is 5.92. The number of carbonyl (C=O) groups excluding carboxylic acids is 1. The van der Waals surface area contributed by atoms with Crippen LogP contribution in [-0.4, -0.2) is 43.6 Å². The van der Waals surface area contributed by atoms with Gasteiger partial charge in [-0.15, -0.1) is 0 Å². The molecule has 1 fully saturated rings. The van der Waals surface area contributed by atoms with Gasteiger partial charge in [-0.2, -0.15) is 0 Å². The van der Waals surface area contributed by atoms with E-state index >= 15 is 0 Å². The second kappa shape index (κ2) is 6.24. The highest BCUT2D eigenvalue weighted by Gasteiger charge is 2.33. The molecule has 0 aromatic heterocycles. The second-order valence-electron chi connectivity index (χ2n) is 5.36. The molecular formula is C15H19BrN2O2. The summed E-state index contributed by atoms with van der Waals surface area (Å²) < 4.78 is 5.53. The summed E-state index contributed by atoms with van der Waals surface area (Å²) in [6, 6.07) is 8.63. The van der Waals surface area contributed by atoms with Crippen molar-refractivity contribution in [2.75, 3.05) is 36.5 Å². The Hall–Kier alpha value is -0.910. The third-order valence-corrected chi connectivity index (χ3v) is 4.53. The van der Waals surface area contributed by atoms with Crippen molar-refractivity contribution in [2.24, 2.45) is 0 Å². The number of nitrogens with one attached hydrogen (secondary N) is 1. The van der Waals surface area contributed by atoms with Gasteiger partial charge in [0, 0.05) is 30.7 Å². The summed E-state index contributed by atoms with van der Waals surface area (Å²) in [6.45, 7) is 3.27. The van der Waals surface area contributed by atoms with Gasteiger partial charge in [0.2, 0.25) is 5.91 Å². The molecule has 1 amide bonds. The van der Waals surface area contributed by atoms with Crippen LogP contribution in [0.25, 0.3) is 0 Å². The normalized spacial score (nSPS) is 25.6. The van der Waals surface area contributed by atoms with E-state index in [-0.39, 0.29) is 5.91 Å². The molecule has 3 rings (SSSR count). The third-order valence-electron chi connectivity index (χ3n) is 4.05. The van der Waals surface area contributed by atoms with Crippen LogP contribution in [0.1, 0.15) is 17.9 Å². The average molecular weight is 339 g/mol. The van der Waals surface area contributed by atoms with Crippen LogP contribution in [0.2, 0.25) is 0 Å². The Bertz CT molecular complexity index is 489. The minimum absolute atomic E-state index is 0.132. The van der Waals surface area contributed by atoms with E-state index < -0.39 is 0 Å². The highest BCUT2D eigenvalue weighted by atomic mass is 79.9. The molecule has 0 radical (unpaired) electrons. The average Bonchev–Trinajstić information content (AvgIpc) is 2.87. The number of ether oxygens (including phenoxy) is 1. The fourth-order valence-corrected chi connectivity index (χ4v) is 3.42. The molecule has 0 aliphatic carbocycles. The van der Waals surface area contributed by atoms with Gasteiger partial charge in [0.25, 0.3) is 0 Å². The van der Waals surface area contributed by atoms with Crippen LogP contribution >= 0.6 is 15.9 Å². The Balaban J connectivity index is 1.77. The van der Waals surface area contributed by atoms with Gasteiger partial charge in [0.15, 0.2) is 0 Å². The summed E-state index contributed by atoms with van der Waals surface area (Å²) in [5.74, 6) is 0.529. The van der Waals surface area contributed by atoms with Crippen LogP contribution in [0, 0.1) is 0 Å². The number of amides is 1. The zero-order chi connectivity index (χ0) is 13.9. The van der Waals surface area contributed by atoms with Crippen LogP contribution in [0.3, 0.4) is 0 Å². The SMILES string of the molecule is O=C(CBr)N1CC(CC2COCCN2)c2ccccc21. The van der Waals surface area contributed by atoms with Crippen molar-refractivity contribution in [1.82, 2.24) is 5.32 Å². The summed E-state index contributed by atoms with van der Waals surface area (Å²) in [5.41, 5.74) is 2.35. The number of morpholine rings is 1. The smallest absolute Gasteiger partial charge is 0.237 e. The van der Waals surface area contributed by atoms with Crippen molar-refractivity contribution < 1.29 is 9.53 Å². The summed E-state index contributed by atoms with van der Waals surface area (Å²) in [7, 11) is 0. The minimum Gasteiger partial charge on any atom is -0.379 e. The Morgan fingerprint density at radius 2 is 2.30 bits per heavy atom. The number of hydrogen-bond donors (Lipinski definition) is 1. The maximum absolute atomic E-state index is 12.1. The molecule has 2 unspecified atom stereocenters. The summed E-state index contributed by atoms with van der Waals surface area (Å²) in [5, 5.41) is 3.87. The van der Waals surface area contributed by atoms with Gasteiger partial charge in [0.05, 0.1) is 18.5 Å². The molecule has 1 N–H and O–H groups in total. The van der Waals surface area contributed by atoms with Crippen molar-refractivity contribution in [1.29, 1.82) is 0 Å². The van der Waals surface area contributed by atoms with E-state index in [4.69, 9.17) is 4.74 Å². The zero-order valence-corrected chi connectivity index (χ0v) is 12.9. The van der Waals surface area contributed by atoms with Crippen LogP contribution < -0.4 is 10.2 Å². The number of fused-ring (bicyclic) bond motifs is 1. The molecule has 0 bridgehead atoms. The van der Waals surface area contributed by atoms with Crippen molar-refractivity contribution in [2.45, 2.75) is 18.4 Å². The summed E-state index contributed by atoms with van der Waals surface area (Å²) in [6.07, 6.45) is 1.02. The van der Waals surface area contributed by atoms with E-state index in [1.54, 1.807) is 0 Å². The quantitative estimate of drug-likeness (QED) is 0.856. The number of benzene rings is 1. The third kappa shape index (κ3) is 2.75. The Morgan fingerprint density at radius 3 is 3.05 bits per heavy atom. The van der Waals surface area contributed by atoms with Gasteiger partial charge in [0.1, 0.15) is 0 Å². The molecule has 5 heteroatoms. The first-order valence-corrected chi connectivity index (χ1v) is 8.18. The fourth-order valence-electron chi connectivity index (χ4n) is 3.12. The molecule has 1 aromatic carbocycles. The molecule has 0 saturated carbocycles. The molecule has 108 valence electrons. The first-order chi connectivity index (χ1) is 9.79. The van der Waals surface area contributed by atoms with Gasteiger partial charge < -0.3 is 15.0 Å². The highest BCUT2D eigenvalue weighted by Crippen LogP contribution is 2.38. The predicted octanol–water partition coefficient (Wildman–Crippen LogP) is 1.89. The monoisotopic (exact) mass is 338 g/mol. The molecule has 1 saturated heterocycles. The summed E-state index contributed by atoms with van der Waals surface area (Å²) >= 11 is 3.27. The first kappa shape index (κ1) is 14.0. The molecule has 2 aliphatic heterocycles. The summed E-state index contributed by atoms with van der Waals surface area (Å²) in [4.78, 5) is 14.0. The van der Waals surface area contributed by atoms with E-state index in [2.05, 4.69) is 33.4 Å². The number of anilines is 1. The molecule has 20 heavy (non-hydrogen) atoms. The molecule has 2 aliphatic rings. The zero-order valence-electron chi connectivity index (χ0n) is 11.3. The Labute approximate surface area is 127 Å². The van der Waals surface area contributed by atoms with E-state index in [0.29, 0.717) is 17.3 Å². The molecule has 2 atom stereocenters. The number of rotatable bonds is 3. The lowest BCUT2D eigenvalue weighted by molar-refractivity contribution is -0.116. The predicted molar refractivity (Wildman–Crippen MR) is 82.6 cm³/mol. The molecule has 4 nitrogen and oxygen atoms in total. The van der Waals surface area contributed by atoms with Crippen LogP contribution in [0.15, 0.2) is 24.3 Å². The van der Waals surface area contributed by atoms with Crippen molar-refractivity contribution in [3.8, 4) is 0 Å². The Morgan fingerprint density at radius 1 is 1.45 bits per heavy atom. The minimum atomic E-state index is 0.132. The fraction of sp³-hybridized carbons (Fsp3) is 0.533. The molecular weight excluding hydrogens is 320 g/mol. The van der Waals surface area contributed by atoms with Crippen LogP contribution in [0.4, 0.5) is 5.69 Å². The maximum Gasteiger partial charge on any atom is 0.237 e. The van der Waals surface area contributed by atoms with Crippen LogP contribution in [0.5, 0.6) is 0 Å². The maximum atomic E-state index is 12.1. The highest BCUT2D eigenvalue weighted by molar-refractivity contribution is 9.09. The number of carbonyl (C=O) groups is 1. The first-order valence-electron chi connectivity index (χ1n) is 7.06. The number of para-hydroxylation sites is 1. The van der Waals surface area contributed by atoms with Gasteiger partial charge >= 0.3 is 0 Å². The van der Waals surface area contributed by atoms with Crippen LogP contribution in [-0.2, 0) is 9.53 Å². The lowest BCUT2D eigenvalue weighted by Gasteiger charge is -2.26. The number of halogens is 1. The number of alkyl halides is 1. The molecule has 0 spiro atoms. The lowest BCUT2D eigenvalue weighted by atomic mass is 9.94. The Kier molecular flexibility index (Phi) is 4.38. The lowest BCUT2D eigenvalue weighted by Crippen LogP contribution is -2.42. The standard InChI is InChI=1S/C15H19BrN2O2/c16-8-15(19)18-9-11(7-12-10-20-6-5-17-12)13-3-1-2-4-14(13)18/h1-4,11-12,17H,5-10H2. The van der Waals surface area contributed by atoms with E-state index in [1.165, 1.54) is 5.56 Å². The number of hydrogen-bond acceptors (Lipinski definition) is 3. The number of nitrogens with zero attached hydrogens (tertiary/aromatic N) is 1. The largest absolute Gasteiger partial charge is 0.379 e. The van der Waals surface area contributed by atoms with Crippen molar-refractivity contribution in [3.63, 3.8) is 0 Å². The topological polar surface area (TPSA) is 41.6 Å². The van der Waals surface area contributed by atoms with Gasteiger partial charge in [-0.25, -0.2) is 0 Å². The van der Waals surface area contributed by atoms with E-state index in [0.717, 1.165) is 38.4 Å². The van der Waals surface area contributed by atoms with Gasteiger partial charge in [-0.3, -0.25) is 4.79 Å². The molecule has 1 aromatic rings. The molecule has 2 heterocycles. The van der Waals surface area contributed by atoms with Gasteiger partial charge in [-0.05, 0) is 18.1 Å². The van der Waals surface area contributed by atoms with E-state index in [9.17, 15) is 4.79 Å². The van der Waals surface area contributed by atoms with E-state index in [1.807, 2.05) is 17.0 Å².